The Morgan fingerprint density at radius 2 is 2.25 bits per heavy atom. The van der Waals surface area contributed by atoms with Crippen molar-refractivity contribution < 1.29 is 19.4 Å². The number of nitrogens with zero attached hydrogens (tertiary/aromatic N) is 1. The Balaban J connectivity index is 2.46. The number of pyridine rings is 1. The topological polar surface area (TPSA) is 101 Å². The van der Waals surface area contributed by atoms with Gasteiger partial charge in [-0.05, 0) is 24.1 Å². The fourth-order valence-electron chi connectivity index (χ4n) is 1.56. The minimum atomic E-state index is -1.09. The molecule has 0 bridgehead atoms. The summed E-state index contributed by atoms with van der Waals surface area (Å²) in [6.07, 6.45) is 3.55. The zero-order chi connectivity index (χ0) is 15.0. The van der Waals surface area contributed by atoms with E-state index in [9.17, 15) is 9.59 Å². The number of aromatic nitrogens is 1. The summed E-state index contributed by atoms with van der Waals surface area (Å²) in [6, 6.07) is 0.342. The van der Waals surface area contributed by atoms with Crippen molar-refractivity contribution in [2.45, 2.75) is 25.9 Å². The molecule has 0 aromatic carbocycles. The van der Waals surface area contributed by atoms with Crippen LogP contribution in [0.5, 0.6) is 0 Å². The lowest BCUT2D eigenvalue weighted by Gasteiger charge is -2.15. The highest BCUT2D eigenvalue weighted by Gasteiger charge is 2.19. The molecule has 0 aliphatic carbocycles. The molecule has 0 aliphatic rings. The van der Waals surface area contributed by atoms with Gasteiger partial charge in [-0.25, -0.2) is 9.59 Å². The monoisotopic (exact) mass is 281 g/mol. The third kappa shape index (κ3) is 5.23. The van der Waals surface area contributed by atoms with Crippen molar-refractivity contribution in [3.8, 4) is 0 Å². The number of hydrogen-bond donors (Lipinski definition) is 3. The van der Waals surface area contributed by atoms with Gasteiger partial charge in [-0.15, -0.1) is 0 Å². The number of aryl methyl sites for hydroxylation is 1. The van der Waals surface area contributed by atoms with Crippen LogP contribution in [0, 0.1) is 6.92 Å². The van der Waals surface area contributed by atoms with Gasteiger partial charge < -0.3 is 20.5 Å². The first-order valence-corrected chi connectivity index (χ1v) is 6.20. The van der Waals surface area contributed by atoms with Crippen LogP contribution in [-0.4, -0.2) is 41.8 Å². The van der Waals surface area contributed by atoms with Crippen LogP contribution in [-0.2, 0) is 16.1 Å². The first-order chi connectivity index (χ1) is 9.54. The Hall–Kier alpha value is -2.15. The van der Waals surface area contributed by atoms with Crippen LogP contribution in [0.25, 0.3) is 0 Å². The second-order valence-electron chi connectivity index (χ2n) is 4.30. The molecular formula is C13H19N3O4. The first kappa shape index (κ1) is 15.9. The Kier molecular flexibility index (Phi) is 6.45. The molecule has 20 heavy (non-hydrogen) atoms. The quantitative estimate of drug-likeness (QED) is 0.682. The molecule has 0 aliphatic heterocycles. The van der Waals surface area contributed by atoms with E-state index in [2.05, 4.69) is 15.6 Å². The van der Waals surface area contributed by atoms with Gasteiger partial charge in [-0.3, -0.25) is 4.98 Å². The summed E-state index contributed by atoms with van der Waals surface area (Å²) in [7, 11) is 1.48. The normalized spacial score (nSPS) is 11.7. The number of urea groups is 1. The number of nitrogens with one attached hydrogen (secondary N) is 2. The summed E-state index contributed by atoms with van der Waals surface area (Å²) >= 11 is 0. The molecular weight excluding hydrogens is 262 g/mol. The molecule has 3 N–H and O–H groups in total. The number of carboxylic acid groups (broad SMARTS) is 1. The van der Waals surface area contributed by atoms with Gasteiger partial charge >= 0.3 is 12.0 Å². The minimum Gasteiger partial charge on any atom is -0.480 e. The van der Waals surface area contributed by atoms with E-state index in [0.717, 1.165) is 11.1 Å². The van der Waals surface area contributed by atoms with E-state index >= 15 is 0 Å². The number of hydrogen-bond acceptors (Lipinski definition) is 4. The molecule has 1 aromatic heterocycles. The predicted molar refractivity (Wildman–Crippen MR) is 72.3 cm³/mol. The Morgan fingerprint density at radius 1 is 1.50 bits per heavy atom. The van der Waals surface area contributed by atoms with Gasteiger partial charge in [-0.2, -0.15) is 0 Å². The summed E-state index contributed by atoms with van der Waals surface area (Å²) in [5, 5.41) is 14.0. The van der Waals surface area contributed by atoms with Crippen LogP contribution in [0.3, 0.4) is 0 Å². The minimum absolute atomic E-state index is 0.213. The molecule has 2 amide bonds. The second-order valence-corrected chi connectivity index (χ2v) is 4.30. The third-order valence-electron chi connectivity index (χ3n) is 2.80. The largest absolute Gasteiger partial charge is 0.480 e. The molecule has 1 heterocycles. The van der Waals surface area contributed by atoms with Crippen molar-refractivity contribution >= 4 is 12.0 Å². The average molecular weight is 281 g/mol. The molecule has 7 heteroatoms. The predicted octanol–water partition coefficient (Wildman–Crippen LogP) is 0.679. The van der Waals surface area contributed by atoms with Gasteiger partial charge in [0.15, 0.2) is 0 Å². The van der Waals surface area contributed by atoms with Crippen LogP contribution >= 0.6 is 0 Å². The van der Waals surface area contributed by atoms with Gasteiger partial charge in [0.05, 0.1) is 0 Å². The maximum Gasteiger partial charge on any atom is 0.326 e. The SMILES string of the molecule is COCCC(NC(=O)NCc1cnccc1C)C(=O)O. The van der Waals surface area contributed by atoms with Crippen LogP contribution in [0.15, 0.2) is 18.5 Å². The van der Waals surface area contributed by atoms with Crippen molar-refractivity contribution in [1.29, 1.82) is 0 Å². The molecule has 1 aromatic rings. The number of aliphatic carboxylic acids is 1. The van der Waals surface area contributed by atoms with Crippen molar-refractivity contribution in [3.05, 3.63) is 29.6 Å². The summed E-state index contributed by atoms with van der Waals surface area (Å²) < 4.78 is 4.81. The molecule has 0 saturated heterocycles. The van der Waals surface area contributed by atoms with Gasteiger partial charge in [0, 0.05) is 39.1 Å². The highest BCUT2D eigenvalue weighted by atomic mass is 16.5. The number of rotatable bonds is 7. The standard InChI is InChI=1S/C13H19N3O4/c1-9-3-5-14-7-10(9)8-15-13(19)16-11(12(17)18)4-6-20-2/h3,5,7,11H,4,6,8H2,1-2H3,(H,17,18)(H2,15,16,19). The summed E-state index contributed by atoms with van der Waals surface area (Å²) in [6.45, 7) is 2.47. The maximum absolute atomic E-state index is 11.7. The fraction of sp³-hybridized carbons (Fsp3) is 0.462. The molecule has 110 valence electrons. The number of amides is 2. The van der Waals surface area contributed by atoms with E-state index in [-0.39, 0.29) is 13.0 Å². The zero-order valence-corrected chi connectivity index (χ0v) is 11.5. The van der Waals surface area contributed by atoms with E-state index in [1.807, 2.05) is 13.0 Å². The molecule has 0 spiro atoms. The average Bonchev–Trinajstić information content (AvgIpc) is 2.42. The lowest BCUT2D eigenvalue weighted by Crippen LogP contribution is -2.46. The lowest BCUT2D eigenvalue weighted by molar-refractivity contribution is -0.139. The van der Waals surface area contributed by atoms with Gasteiger partial charge in [0.25, 0.3) is 0 Å². The number of methoxy groups -OCH3 is 1. The number of carboxylic acids is 1. The molecule has 7 nitrogen and oxygen atoms in total. The van der Waals surface area contributed by atoms with Gasteiger partial charge in [0.1, 0.15) is 6.04 Å². The number of ether oxygens (including phenoxy) is 1. The molecule has 1 unspecified atom stereocenters. The maximum atomic E-state index is 11.7. The van der Waals surface area contributed by atoms with E-state index in [1.54, 1.807) is 12.4 Å². The van der Waals surface area contributed by atoms with Crippen molar-refractivity contribution in [1.82, 2.24) is 15.6 Å². The van der Waals surface area contributed by atoms with Crippen LogP contribution < -0.4 is 10.6 Å². The highest BCUT2D eigenvalue weighted by molar-refractivity contribution is 5.82. The number of carbonyl (C=O) groups excluding carboxylic acids is 1. The van der Waals surface area contributed by atoms with Crippen molar-refractivity contribution in [2.75, 3.05) is 13.7 Å². The smallest absolute Gasteiger partial charge is 0.326 e. The highest BCUT2D eigenvalue weighted by Crippen LogP contribution is 2.03. The van der Waals surface area contributed by atoms with Crippen molar-refractivity contribution in [3.63, 3.8) is 0 Å². The Bertz CT molecular complexity index is 465. The van der Waals surface area contributed by atoms with E-state index in [0.29, 0.717) is 6.54 Å². The second kappa shape index (κ2) is 8.11. The van der Waals surface area contributed by atoms with Crippen molar-refractivity contribution in [2.24, 2.45) is 0 Å². The Labute approximate surface area is 117 Å². The van der Waals surface area contributed by atoms with Crippen LogP contribution in [0.1, 0.15) is 17.5 Å². The number of carbonyl (C=O) groups is 2. The zero-order valence-electron chi connectivity index (χ0n) is 11.5. The van der Waals surface area contributed by atoms with E-state index in [4.69, 9.17) is 9.84 Å². The van der Waals surface area contributed by atoms with Gasteiger partial charge in [0.2, 0.25) is 0 Å². The fourth-order valence-corrected chi connectivity index (χ4v) is 1.56. The van der Waals surface area contributed by atoms with E-state index < -0.39 is 18.0 Å². The summed E-state index contributed by atoms with van der Waals surface area (Å²) in [4.78, 5) is 26.6. The first-order valence-electron chi connectivity index (χ1n) is 6.20. The summed E-state index contributed by atoms with van der Waals surface area (Å²) in [5.74, 6) is -1.09. The van der Waals surface area contributed by atoms with Crippen LogP contribution in [0.2, 0.25) is 0 Å². The molecule has 0 saturated carbocycles. The molecule has 0 fully saturated rings. The molecule has 1 atom stereocenters. The van der Waals surface area contributed by atoms with Crippen LogP contribution in [0.4, 0.5) is 4.79 Å². The lowest BCUT2D eigenvalue weighted by atomic mass is 10.1. The van der Waals surface area contributed by atoms with E-state index in [1.165, 1.54) is 7.11 Å². The molecule has 1 rings (SSSR count). The Morgan fingerprint density at radius 3 is 2.85 bits per heavy atom. The van der Waals surface area contributed by atoms with Gasteiger partial charge in [-0.1, -0.05) is 0 Å². The summed E-state index contributed by atoms with van der Waals surface area (Å²) in [5.41, 5.74) is 1.89. The third-order valence-corrected chi connectivity index (χ3v) is 2.80. The molecule has 0 radical (unpaired) electrons.